The molecule has 3 aliphatic rings. The topological polar surface area (TPSA) is 172 Å². The maximum Gasteiger partial charge on any atom is 0.509 e. The van der Waals surface area contributed by atoms with Crippen LogP contribution in [0.1, 0.15) is 80.2 Å². The lowest BCUT2D eigenvalue weighted by Crippen LogP contribution is -2.60. The van der Waals surface area contributed by atoms with Gasteiger partial charge in [0.2, 0.25) is 0 Å². The Morgan fingerprint density at radius 1 is 1.13 bits per heavy atom. The Morgan fingerprint density at radius 3 is 2.44 bits per heavy atom. The van der Waals surface area contributed by atoms with Crippen molar-refractivity contribution >= 4 is 63.1 Å². The number of hydrogen-bond acceptors (Lipinski definition) is 14. The third-order valence-electron chi connectivity index (χ3n) is 11.1. The van der Waals surface area contributed by atoms with E-state index in [9.17, 15) is 24.3 Å². The molecule has 3 saturated heterocycles. The van der Waals surface area contributed by atoms with Gasteiger partial charge in [-0.3, -0.25) is 14.4 Å². The Balaban J connectivity index is 1.77. The summed E-state index contributed by atoms with van der Waals surface area (Å²) in [6, 6.07) is 2.53. The molecule has 3 aliphatic heterocycles. The summed E-state index contributed by atoms with van der Waals surface area (Å²) in [6.45, 7) is 13.2. The Hall–Kier alpha value is -3.02. The van der Waals surface area contributed by atoms with Crippen LogP contribution in [0.25, 0.3) is 6.08 Å². The van der Waals surface area contributed by atoms with E-state index in [1.807, 2.05) is 38.9 Å². The second kappa shape index (κ2) is 18.5. The highest BCUT2D eigenvalue weighted by Crippen LogP contribution is 2.40. The van der Waals surface area contributed by atoms with Crippen LogP contribution in [0.4, 0.5) is 4.79 Å². The first-order valence-corrected chi connectivity index (χ1v) is 20.0. The lowest BCUT2D eigenvalue weighted by atomic mass is 9.73. The van der Waals surface area contributed by atoms with Crippen LogP contribution in [0.3, 0.4) is 0 Å². The molecule has 0 aliphatic carbocycles. The number of fused-ring (bicyclic) bond motifs is 1. The number of carbonyl (C=O) groups is 4. The van der Waals surface area contributed by atoms with Crippen LogP contribution in [-0.2, 0) is 42.8 Å². The van der Waals surface area contributed by atoms with Gasteiger partial charge in [-0.05, 0) is 107 Å². The van der Waals surface area contributed by atoms with Crippen molar-refractivity contribution in [3.8, 4) is 0 Å². The van der Waals surface area contributed by atoms with Crippen LogP contribution in [0.5, 0.6) is 0 Å². The number of ether oxygens (including phenoxy) is 6. The number of likely N-dealkylation sites (N-methyl/N-ethyl adjacent to an activating group) is 1. The summed E-state index contributed by atoms with van der Waals surface area (Å²) in [5, 5.41) is 14.7. The van der Waals surface area contributed by atoms with E-state index in [0.29, 0.717) is 17.4 Å². The molecule has 4 heterocycles. The van der Waals surface area contributed by atoms with Gasteiger partial charge in [-0.1, -0.05) is 39.8 Å². The summed E-state index contributed by atoms with van der Waals surface area (Å²) in [4.78, 5) is 62.2. The van der Waals surface area contributed by atoms with Gasteiger partial charge in [0.1, 0.15) is 46.8 Å². The van der Waals surface area contributed by atoms with E-state index in [4.69, 9.17) is 40.6 Å². The Morgan fingerprint density at radius 2 is 1.82 bits per heavy atom. The molecule has 1 aromatic heterocycles. The minimum atomic E-state index is -1.75. The quantitative estimate of drug-likeness (QED) is 0.155. The van der Waals surface area contributed by atoms with E-state index >= 15 is 0 Å². The van der Waals surface area contributed by atoms with Gasteiger partial charge in [-0.25, -0.2) is 9.78 Å². The molecule has 0 unspecified atom stereocenters. The molecule has 0 bridgehead atoms. The monoisotopic (exact) mass is 853 g/mol. The van der Waals surface area contributed by atoms with E-state index in [0.717, 1.165) is 5.56 Å². The van der Waals surface area contributed by atoms with Gasteiger partial charge in [-0.2, -0.15) is 0 Å². The van der Waals surface area contributed by atoms with E-state index in [-0.39, 0.29) is 36.1 Å². The SMILES string of the molecule is CC[C@H]1OC(=O)[C@H](C)C(=O)[C@H](C)[C@@H](O[C@@H]2O[C@H](C)C[C@H](N(C)C)[C@H]2O)[C@](C)(OC(=O)OC/C=C/c2ccc(Br)nc2)C[C@@H](C)C(=O)[C@H](C)[C@H]2NC(=S)O[C@@]21C. The second-order valence-corrected chi connectivity index (χ2v) is 16.8. The minimum Gasteiger partial charge on any atom is -0.459 e. The predicted molar refractivity (Wildman–Crippen MR) is 210 cm³/mol. The van der Waals surface area contributed by atoms with Gasteiger partial charge in [0.05, 0.1) is 12.1 Å². The average molecular weight is 855 g/mol. The summed E-state index contributed by atoms with van der Waals surface area (Å²) in [5.41, 5.74) is -2.22. The van der Waals surface area contributed by atoms with Crippen molar-refractivity contribution in [3.63, 3.8) is 0 Å². The van der Waals surface area contributed by atoms with Crippen LogP contribution in [0.15, 0.2) is 29.0 Å². The number of halogens is 1. The number of esters is 1. The smallest absolute Gasteiger partial charge is 0.459 e. The van der Waals surface area contributed by atoms with Crippen molar-refractivity contribution in [3.05, 3.63) is 34.6 Å². The maximum absolute atomic E-state index is 14.4. The molecule has 0 radical (unpaired) electrons. The number of rotatable bonds is 8. The molecule has 0 aromatic carbocycles. The fraction of sp³-hybridized carbons (Fsp3) is 0.692. The number of nitrogens with one attached hydrogen (secondary N) is 1. The Bertz CT molecular complexity index is 1600. The van der Waals surface area contributed by atoms with Crippen LogP contribution in [0.2, 0.25) is 0 Å². The zero-order valence-corrected chi connectivity index (χ0v) is 35.7. The molecule has 306 valence electrons. The highest BCUT2D eigenvalue weighted by molar-refractivity contribution is 9.10. The fourth-order valence-corrected chi connectivity index (χ4v) is 8.63. The van der Waals surface area contributed by atoms with Crippen LogP contribution in [-0.4, -0.2) is 119 Å². The summed E-state index contributed by atoms with van der Waals surface area (Å²) in [7, 11) is 3.66. The third kappa shape index (κ3) is 10.3. The molecule has 3 fully saturated rings. The zero-order valence-electron chi connectivity index (χ0n) is 33.3. The van der Waals surface area contributed by atoms with Gasteiger partial charge in [0.25, 0.3) is 5.17 Å². The van der Waals surface area contributed by atoms with Crippen LogP contribution < -0.4 is 5.32 Å². The minimum absolute atomic E-state index is 0.0579. The first-order valence-electron chi connectivity index (χ1n) is 18.8. The van der Waals surface area contributed by atoms with Crippen molar-refractivity contribution in [2.24, 2.45) is 23.7 Å². The second-order valence-electron chi connectivity index (χ2n) is 15.7. The van der Waals surface area contributed by atoms with Gasteiger partial charge in [0.15, 0.2) is 17.7 Å². The predicted octanol–water partition coefficient (Wildman–Crippen LogP) is 5.02. The molecule has 0 amide bonds. The Kier molecular flexibility index (Phi) is 15.0. The van der Waals surface area contributed by atoms with Crippen molar-refractivity contribution < 1.29 is 52.7 Å². The number of pyridine rings is 1. The number of aromatic nitrogens is 1. The van der Waals surface area contributed by atoms with E-state index in [2.05, 4.69) is 26.2 Å². The maximum atomic E-state index is 14.4. The van der Waals surface area contributed by atoms with Crippen molar-refractivity contribution in [2.75, 3.05) is 20.7 Å². The average Bonchev–Trinajstić information content (AvgIpc) is 3.44. The normalized spacial score (nSPS) is 37.8. The van der Waals surface area contributed by atoms with E-state index in [1.54, 1.807) is 59.0 Å². The highest BCUT2D eigenvalue weighted by atomic mass is 79.9. The van der Waals surface area contributed by atoms with Crippen molar-refractivity contribution in [1.82, 2.24) is 15.2 Å². The molecule has 1 aromatic rings. The first kappa shape index (κ1) is 44.7. The number of carbonyl (C=O) groups excluding carboxylic acids is 4. The number of aliphatic hydroxyl groups excluding tert-OH is 1. The summed E-state index contributed by atoms with van der Waals surface area (Å²) >= 11 is 8.69. The largest absolute Gasteiger partial charge is 0.509 e. The molecule has 16 heteroatoms. The Labute approximate surface area is 337 Å². The van der Waals surface area contributed by atoms with Crippen LogP contribution >= 0.6 is 28.1 Å². The number of cyclic esters (lactones) is 1. The lowest BCUT2D eigenvalue weighted by molar-refractivity contribution is -0.293. The molecule has 14 nitrogen and oxygen atoms in total. The van der Waals surface area contributed by atoms with Crippen LogP contribution in [0, 0.1) is 23.7 Å². The van der Waals surface area contributed by atoms with E-state index in [1.165, 1.54) is 6.92 Å². The molecular formula is C39H56BrN3O11S. The van der Waals surface area contributed by atoms with Gasteiger partial charge < -0.3 is 43.7 Å². The van der Waals surface area contributed by atoms with Gasteiger partial charge in [0, 0.05) is 30.0 Å². The summed E-state index contributed by atoms with van der Waals surface area (Å²) in [6.07, 6.45) is -0.428. The molecule has 13 atom stereocenters. The molecular weight excluding hydrogens is 798 g/mol. The summed E-state index contributed by atoms with van der Waals surface area (Å²) in [5.74, 6) is -5.58. The van der Waals surface area contributed by atoms with Gasteiger partial charge >= 0.3 is 12.1 Å². The fourth-order valence-electron chi connectivity index (χ4n) is 8.09. The molecule has 0 spiro atoms. The third-order valence-corrected chi connectivity index (χ3v) is 11.8. The standard InChI is InChI=1S/C39H56BrN3O11S/c1-11-27-39(8)32(42-36(55)53-39)22(4)29(44)20(2)18-38(7,54-37(48)49-16-12-13-25-14-15-28(40)41-19-25)33(23(5)30(45)24(6)34(47)51-27)52-35-31(46)26(43(9)10)17-21(3)50-35/h12-15,19-24,26-27,31-33,35,46H,11,16-18H2,1-10H3,(H,42,55)/b13-12+/t20-,21-,22+,23+,24-,26+,27-,31-,32-,33-,35+,38-,39-/m1/s1. The number of thiocarbonyl (C=S) groups is 1. The van der Waals surface area contributed by atoms with Crippen molar-refractivity contribution in [2.45, 2.75) is 129 Å². The number of ketones is 2. The molecule has 0 saturated carbocycles. The number of Topliss-reactive ketones (excluding diaryl/α,β-unsaturated/α-hetero) is 2. The molecule has 55 heavy (non-hydrogen) atoms. The molecule has 2 N–H and O–H groups in total. The summed E-state index contributed by atoms with van der Waals surface area (Å²) < 4.78 is 37.0. The molecule has 4 rings (SSSR count). The number of aliphatic hydroxyl groups is 1. The first-order chi connectivity index (χ1) is 25.7. The lowest BCUT2D eigenvalue weighted by Gasteiger charge is -2.46. The highest BCUT2D eigenvalue weighted by Gasteiger charge is 2.57. The number of nitrogens with zero attached hydrogens (tertiary/aromatic N) is 2. The number of hydrogen-bond donors (Lipinski definition) is 2. The van der Waals surface area contributed by atoms with E-state index < -0.39 is 83.4 Å². The zero-order chi connectivity index (χ0) is 41.0. The van der Waals surface area contributed by atoms with Crippen molar-refractivity contribution in [1.29, 1.82) is 0 Å². The van der Waals surface area contributed by atoms with Gasteiger partial charge in [-0.15, -0.1) is 0 Å².